The minimum absolute atomic E-state index is 0.0426. The number of carbonyl (C=O) groups is 2. The second kappa shape index (κ2) is 8.50. The molecule has 0 spiro atoms. The van der Waals surface area contributed by atoms with Crippen LogP contribution >= 0.6 is 23.2 Å². The maximum absolute atomic E-state index is 12.3. The molecule has 1 fully saturated rings. The first-order valence-electron chi connectivity index (χ1n) is 8.52. The van der Waals surface area contributed by atoms with E-state index in [9.17, 15) is 9.59 Å². The van der Waals surface area contributed by atoms with Gasteiger partial charge in [-0.15, -0.1) is 0 Å². The summed E-state index contributed by atoms with van der Waals surface area (Å²) in [7, 11) is 0. The topological polar surface area (TPSA) is 70.7 Å². The number of nitrogens with one attached hydrogen (secondary N) is 2. The van der Waals surface area contributed by atoms with Crippen molar-refractivity contribution < 1.29 is 14.3 Å². The number of rotatable bonds is 5. The molecule has 3 amide bonds. The molecular weight excluding hydrogens is 389 g/mol. The Kier molecular flexibility index (Phi) is 6.08. The smallest absolute Gasteiger partial charge is 0.319 e. The van der Waals surface area contributed by atoms with Crippen molar-refractivity contribution in [2.75, 3.05) is 23.4 Å². The number of hydrogen-bond acceptors (Lipinski definition) is 3. The van der Waals surface area contributed by atoms with Gasteiger partial charge in [-0.3, -0.25) is 4.79 Å². The third-order valence-corrected chi connectivity index (χ3v) is 4.84. The van der Waals surface area contributed by atoms with Crippen LogP contribution in [0.5, 0.6) is 5.75 Å². The van der Waals surface area contributed by atoms with Crippen molar-refractivity contribution in [1.29, 1.82) is 0 Å². The third-order valence-electron chi connectivity index (χ3n) is 4.10. The molecule has 1 atom stereocenters. The second-order valence-corrected chi connectivity index (χ2v) is 6.87. The maximum Gasteiger partial charge on any atom is 0.319 e. The molecule has 1 aliphatic heterocycles. The van der Waals surface area contributed by atoms with E-state index in [-0.39, 0.29) is 18.4 Å². The van der Waals surface area contributed by atoms with Crippen LogP contribution in [0, 0.1) is 0 Å². The standard InChI is InChI=1S/C19H19Cl2N3O3/c1-2-27-15-6-4-14(5-7-15)24-11-13(10-18(24)25)23-19(26)22-12-3-8-16(20)17(21)9-12/h3-9,13H,2,10-11H2,1H3,(H2,22,23,26)/t13-/m1/s1. The molecule has 0 radical (unpaired) electrons. The van der Waals surface area contributed by atoms with Gasteiger partial charge in [0, 0.05) is 24.3 Å². The van der Waals surface area contributed by atoms with Gasteiger partial charge in [0.25, 0.3) is 0 Å². The van der Waals surface area contributed by atoms with Crippen LogP contribution in [0.15, 0.2) is 42.5 Å². The Balaban J connectivity index is 1.58. The Morgan fingerprint density at radius 1 is 1.19 bits per heavy atom. The van der Waals surface area contributed by atoms with E-state index in [1.807, 2.05) is 31.2 Å². The van der Waals surface area contributed by atoms with Gasteiger partial charge in [-0.05, 0) is 49.4 Å². The van der Waals surface area contributed by atoms with Crippen LogP contribution in [0.4, 0.5) is 16.2 Å². The van der Waals surface area contributed by atoms with Gasteiger partial charge in [0.1, 0.15) is 5.75 Å². The van der Waals surface area contributed by atoms with E-state index in [0.29, 0.717) is 28.9 Å². The molecule has 142 valence electrons. The van der Waals surface area contributed by atoms with Gasteiger partial charge in [-0.2, -0.15) is 0 Å². The van der Waals surface area contributed by atoms with Gasteiger partial charge in [-0.25, -0.2) is 4.79 Å². The molecule has 0 aromatic heterocycles. The molecule has 1 saturated heterocycles. The number of halogens is 2. The number of nitrogens with zero attached hydrogens (tertiary/aromatic N) is 1. The fourth-order valence-electron chi connectivity index (χ4n) is 2.87. The molecule has 0 aliphatic carbocycles. The van der Waals surface area contributed by atoms with Gasteiger partial charge in [0.15, 0.2) is 0 Å². The van der Waals surface area contributed by atoms with Gasteiger partial charge >= 0.3 is 6.03 Å². The summed E-state index contributed by atoms with van der Waals surface area (Å²) in [4.78, 5) is 26.1. The number of hydrogen-bond donors (Lipinski definition) is 2. The SMILES string of the molecule is CCOc1ccc(N2C[C@H](NC(=O)Nc3ccc(Cl)c(Cl)c3)CC2=O)cc1. The molecule has 2 N–H and O–H groups in total. The quantitative estimate of drug-likeness (QED) is 0.774. The Morgan fingerprint density at radius 2 is 1.93 bits per heavy atom. The first-order chi connectivity index (χ1) is 13.0. The Bertz CT molecular complexity index is 843. The first kappa shape index (κ1) is 19.3. The van der Waals surface area contributed by atoms with Crippen molar-refractivity contribution >= 4 is 46.5 Å². The summed E-state index contributed by atoms with van der Waals surface area (Å²) >= 11 is 11.8. The normalized spacial score (nSPS) is 16.3. The lowest BCUT2D eigenvalue weighted by Crippen LogP contribution is -2.39. The van der Waals surface area contributed by atoms with Crippen molar-refractivity contribution in [3.05, 3.63) is 52.5 Å². The van der Waals surface area contributed by atoms with Crippen LogP contribution in [-0.4, -0.2) is 31.1 Å². The predicted molar refractivity (Wildman–Crippen MR) is 107 cm³/mol. The number of carbonyl (C=O) groups excluding carboxylic acids is 2. The molecule has 0 bridgehead atoms. The summed E-state index contributed by atoms with van der Waals surface area (Å²) in [5, 5.41) is 6.26. The van der Waals surface area contributed by atoms with Crippen molar-refractivity contribution in [3.8, 4) is 5.75 Å². The van der Waals surface area contributed by atoms with Crippen LogP contribution < -0.4 is 20.3 Å². The van der Waals surface area contributed by atoms with Gasteiger partial charge in [0.2, 0.25) is 5.91 Å². The molecule has 1 heterocycles. The minimum atomic E-state index is -0.403. The zero-order valence-corrected chi connectivity index (χ0v) is 16.2. The monoisotopic (exact) mass is 407 g/mol. The van der Waals surface area contributed by atoms with Crippen LogP contribution in [0.1, 0.15) is 13.3 Å². The van der Waals surface area contributed by atoms with Crippen molar-refractivity contribution in [1.82, 2.24) is 5.32 Å². The fraction of sp³-hybridized carbons (Fsp3) is 0.263. The van der Waals surface area contributed by atoms with Crippen molar-refractivity contribution in [2.45, 2.75) is 19.4 Å². The summed E-state index contributed by atoms with van der Waals surface area (Å²) in [5.74, 6) is 0.711. The maximum atomic E-state index is 12.3. The average Bonchev–Trinajstić information content (AvgIpc) is 2.99. The number of amides is 3. The molecule has 3 rings (SSSR count). The van der Waals surface area contributed by atoms with E-state index >= 15 is 0 Å². The Labute approximate surface area is 167 Å². The second-order valence-electron chi connectivity index (χ2n) is 6.06. The largest absolute Gasteiger partial charge is 0.494 e. The lowest BCUT2D eigenvalue weighted by molar-refractivity contribution is -0.117. The summed E-state index contributed by atoms with van der Waals surface area (Å²) in [5.41, 5.74) is 1.30. The molecular formula is C19H19Cl2N3O3. The van der Waals surface area contributed by atoms with Gasteiger partial charge < -0.3 is 20.3 Å². The van der Waals surface area contributed by atoms with Crippen LogP contribution in [0.25, 0.3) is 0 Å². The average molecular weight is 408 g/mol. The van der Waals surface area contributed by atoms with E-state index in [4.69, 9.17) is 27.9 Å². The van der Waals surface area contributed by atoms with Crippen LogP contribution in [0.3, 0.4) is 0 Å². The van der Waals surface area contributed by atoms with E-state index in [1.54, 1.807) is 23.1 Å². The highest BCUT2D eigenvalue weighted by atomic mass is 35.5. The Hall–Kier alpha value is -2.44. The Morgan fingerprint density at radius 3 is 2.59 bits per heavy atom. The molecule has 27 heavy (non-hydrogen) atoms. The lowest BCUT2D eigenvalue weighted by Gasteiger charge is -2.18. The van der Waals surface area contributed by atoms with Gasteiger partial charge in [-0.1, -0.05) is 23.2 Å². The molecule has 8 heteroatoms. The molecule has 6 nitrogen and oxygen atoms in total. The summed E-state index contributed by atoms with van der Waals surface area (Å²) < 4.78 is 5.41. The molecule has 2 aromatic rings. The van der Waals surface area contributed by atoms with E-state index in [0.717, 1.165) is 11.4 Å². The van der Waals surface area contributed by atoms with E-state index in [2.05, 4.69) is 10.6 Å². The van der Waals surface area contributed by atoms with Crippen molar-refractivity contribution in [2.24, 2.45) is 0 Å². The minimum Gasteiger partial charge on any atom is -0.494 e. The zero-order valence-electron chi connectivity index (χ0n) is 14.7. The third kappa shape index (κ3) is 4.84. The highest BCUT2D eigenvalue weighted by molar-refractivity contribution is 6.42. The lowest BCUT2D eigenvalue weighted by atomic mass is 10.2. The number of urea groups is 1. The first-order valence-corrected chi connectivity index (χ1v) is 9.27. The molecule has 0 saturated carbocycles. The highest BCUT2D eigenvalue weighted by Gasteiger charge is 2.31. The van der Waals surface area contributed by atoms with Crippen LogP contribution in [-0.2, 0) is 4.79 Å². The molecule has 1 aliphatic rings. The fourth-order valence-corrected chi connectivity index (χ4v) is 3.17. The van der Waals surface area contributed by atoms with E-state index < -0.39 is 6.03 Å². The number of ether oxygens (including phenoxy) is 1. The predicted octanol–water partition coefficient (Wildman–Crippen LogP) is 4.32. The summed E-state index contributed by atoms with van der Waals surface area (Å²) in [6, 6.07) is 11.4. The van der Waals surface area contributed by atoms with E-state index in [1.165, 1.54) is 0 Å². The number of anilines is 2. The number of benzene rings is 2. The molecule has 0 unspecified atom stereocenters. The summed E-state index contributed by atoms with van der Waals surface area (Å²) in [6.45, 7) is 2.90. The van der Waals surface area contributed by atoms with Gasteiger partial charge in [0.05, 0.1) is 22.7 Å². The van der Waals surface area contributed by atoms with Crippen molar-refractivity contribution in [3.63, 3.8) is 0 Å². The molecule has 2 aromatic carbocycles. The highest BCUT2D eigenvalue weighted by Crippen LogP contribution is 2.26. The van der Waals surface area contributed by atoms with Crippen LogP contribution in [0.2, 0.25) is 10.0 Å². The summed E-state index contributed by atoms with van der Waals surface area (Å²) in [6.07, 6.45) is 0.238. The zero-order chi connectivity index (χ0) is 19.4.